The predicted octanol–water partition coefficient (Wildman–Crippen LogP) is 1.11. The van der Waals surface area contributed by atoms with E-state index in [0.29, 0.717) is 18.2 Å². The Morgan fingerprint density at radius 1 is 1.33 bits per heavy atom. The Kier molecular flexibility index (Phi) is 4.36. The van der Waals surface area contributed by atoms with Crippen LogP contribution >= 0.6 is 0 Å². The third kappa shape index (κ3) is 3.47. The number of carboxylic acids is 1. The van der Waals surface area contributed by atoms with E-state index >= 15 is 0 Å². The maximum absolute atomic E-state index is 12.9. The van der Waals surface area contributed by atoms with E-state index in [9.17, 15) is 22.0 Å². The lowest BCUT2D eigenvalue weighted by atomic mass is 10.2. The summed E-state index contributed by atoms with van der Waals surface area (Å²) < 4.78 is 51.0. The summed E-state index contributed by atoms with van der Waals surface area (Å²) in [5.41, 5.74) is 0. The van der Waals surface area contributed by atoms with Gasteiger partial charge in [0.15, 0.2) is 0 Å². The van der Waals surface area contributed by atoms with Gasteiger partial charge < -0.3 is 5.11 Å². The minimum atomic E-state index is -4.27. The molecule has 1 atom stereocenters. The Balaban J connectivity index is 3.10. The molecular formula is C10H11F2NO4S. The number of carbonyl (C=O) groups is 1. The van der Waals surface area contributed by atoms with Gasteiger partial charge in [-0.1, -0.05) is 6.92 Å². The molecule has 8 heteroatoms. The first-order valence-corrected chi connectivity index (χ1v) is 6.46. The Labute approximate surface area is 102 Å². The van der Waals surface area contributed by atoms with Gasteiger partial charge >= 0.3 is 5.97 Å². The molecule has 1 unspecified atom stereocenters. The van der Waals surface area contributed by atoms with E-state index in [1.807, 2.05) is 4.72 Å². The lowest BCUT2D eigenvalue weighted by molar-refractivity contribution is -0.139. The molecule has 0 bridgehead atoms. The van der Waals surface area contributed by atoms with E-state index in [0.717, 1.165) is 0 Å². The molecule has 0 fully saturated rings. The van der Waals surface area contributed by atoms with Crippen LogP contribution in [0, 0.1) is 11.6 Å². The fourth-order valence-corrected chi connectivity index (χ4v) is 2.56. The number of hydrogen-bond donors (Lipinski definition) is 2. The van der Waals surface area contributed by atoms with E-state index in [-0.39, 0.29) is 6.42 Å². The first-order valence-electron chi connectivity index (χ1n) is 4.97. The van der Waals surface area contributed by atoms with Gasteiger partial charge in [-0.05, 0) is 18.6 Å². The molecule has 0 aliphatic heterocycles. The summed E-state index contributed by atoms with van der Waals surface area (Å²) in [4.78, 5) is 10.0. The predicted molar refractivity (Wildman–Crippen MR) is 58.4 cm³/mol. The molecule has 1 aromatic carbocycles. The first-order chi connectivity index (χ1) is 8.26. The van der Waals surface area contributed by atoms with Gasteiger partial charge in [0.05, 0.1) is 4.90 Å². The summed E-state index contributed by atoms with van der Waals surface area (Å²) in [6.07, 6.45) is 0.00631. The zero-order valence-electron chi connectivity index (χ0n) is 9.35. The summed E-state index contributed by atoms with van der Waals surface area (Å²) in [6.45, 7) is 1.47. The van der Waals surface area contributed by atoms with Crippen LogP contribution in [-0.2, 0) is 14.8 Å². The third-order valence-corrected chi connectivity index (χ3v) is 3.60. The average Bonchev–Trinajstić information content (AvgIpc) is 2.24. The van der Waals surface area contributed by atoms with E-state index in [1.54, 1.807) is 0 Å². The molecule has 0 aliphatic carbocycles. The number of nitrogens with one attached hydrogen (secondary N) is 1. The van der Waals surface area contributed by atoms with Crippen LogP contribution in [0.5, 0.6) is 0 Å². The zero-order chi connectivity index (χ0) is 13.9. The Hall–Kier alpha value is -1.54. The lowest BCUT2D eigenvalue weighted by Crippen LogP contribution is -2.40. The van der Waals surface area contributed by atoms with E-state index in [4.69, 9.17) is 5.11 Å². The monoisotopic (exact) mass is 279 g/mol. The fraction of sp³-hybridized carbons (Fsp3) is 0.300. The second-order valence-corrected chi connectivity index (χ2v) is 5.24. The SMILES string of the molecule is CCC(NS(=O)(=O)c1cc(F)cc(F)c1)C(=O)O. The molecule has 0 amide bonds. The number of rotatable bonds is 5. The number of carboxylic acid groups (broad SMARTS) is 1. The molecule has 0 saturated carbocycles. The van der Waals surface area contributed by atoms with Crippen molar-refractivity contribution in [1.29, 1.82) is 0 Å². The van der Waals surface area contributed by atoms with Crippen LogP contribution in [0.4, 0.5) is 8.78 Å². The minimum Gasteiger partial charge on any atom is -0.480 e. The molecule has 0 aromatic heterocycles. The van der Waals surface area contributed by atoms with Crippen molar-refractivity contribution in [3.63, 3.8) is 0 Å². The van der Waals surface area contributed by atoms with Gasteiger partial charge in [0, 0.05) is 6.07 Å². The minimum absolute atomic E-state index is 0.00631. The molecule has 0 aliphatic rings. The molecule has 18 heavy (non-hydrogen) atoms. The zero-order valence-corrected chi connectivity index (χ0v) is 10.2. The van der Waals surface area contributed by atoms with Gasteiger partial charge in [0.2, 0.25) is 10.0 Å². The van der Waals surface area contributed by atoms with Crippen molar-refractivity contribution < 1.29 is 27.1 Å². The van der Waals surface area contributed by atoms with Crippen molar-refractivity contribution in [2.75, 3.05) is 0 Å². The summed E-state index contributed by atoms with van der Waals surface area (Å²) in [5, 5.41) is 8.72. The normalized spacial score (nSPS) is 13.3. The Morgan fingerprint density at radius 3 is 2.22 bits per heavy atom. The molecule has 0 heterocycles. The molecule has 1 rings (SSSR count). The molecule has 0 spiro atoms. The summed E-state index contributed by atoms with van der Waals surface area (Å²) >= 11 is 0. The molecule has 0 radical (unpaired) electrons. The van der Waals surface area contributed by atoms with Crippen LogP contribution in [0.2, 0.25) is 0 Å². The van der Waals surface area contributed by atoms with Gasteiger partial charge in [-0.25, -0.2) is 17.2 Å². The molecule has 0 saturated heterocycles. The van der Waals surface area contributed by atoms with Crippen molar-refractivity contribution in [3.8, 4) is 0 Å². The maximum atomic E-state index is 12.9. The smallest absolute Gasteiger partial charge is 0.321 e. The highest BCUT2D eigenvalue weighted by molar-refractivity contribution is 7.89. The number of hydrogen-bond acceptors (Lipinski definition) is 3. The van der Waals surface area contributed by atoms with Crippen molar-refractivity contribution in [3.05, 3.63) is 29.8 Å². The topological polar surface area (TPSA) is 83.5 Å². The number of halogens is 2. The van der Waals surface area contributed by atoms with Crippen molar-refractivity contribution in [1.82, 2.24) is 4.72 Å². The molecular weight excluding hydrogens is 268 g/mol. The van der Waals surface area contributed by atoms with Crippen LogP contribution in [0.3, 0.4) is 0 Å². The summed E-state index contributed by atoms with van der Waals surface area (Å²) in [7, 11) is -4.27. The lowest BCUT2D eigenvalue weighted by Gasteiger charge is -2.12. The van der Waals surface area contributed by atoms with E-state index in [1.165, 1.54) is 6.92 Å². The van der Waals surface area contributed by atoms with Gasteiger partial charge in [-0.2, -0.15) is 4.72 Å². The second kappa shape index (κ2) is 5.40. The molecule has 2 N–H and O–H groups in total. The highest BCUT2D eigenvalue weighted by Gasteiger charge is 2.24. The average molecular weight is 279 g/mol. The molecule has 100 valence electrons. The Morgan fingerprint density at radius 2 is 1.83 bits per heavy atom. The van der Waals surface area contributed by atoms with Crippen LogP contribution in [0.1, 0.15) is 13.3 Å². The Bertz CT molecular complexity index is 539. The van der Waals surface area contributed by atoms with Crippen LogP contribution < -0.4 is 4.72 Å². The number of sulfonamides is 1. The fourth-order valence-electron chi connectivity index (χ4n) is 1.25. The van der Waals surface area contributed by atoms with Crippen molar-refractivity contribution >= 4 is 16.0 Å². The van der Waals surface area contributed by atoms with Crippen molar-refractivity contribution in [2.24, 2.45) is 0 Å². The van der Waals surface area contributed by atoms with E-state index < -0.39 is 38.6 Å². The molecule has 5 nitrogen and oxygen atoms in total. The third-order valence-electron chi connectivity index (χ3n) is 2.15. The number of aliphatic carboxylic acids is 1. The van der Waals surface area contributed by atoms with Crippen LogP contribution in [0.25, 0.3) is 0 Å². The van der Waals surface area contributed by atoms with Crippen LogP contribution in [0.15, 0.2) is 23.1 Å². The van der Waals surface area contributed by atoms with Gasteiger partial charge in [-0.3, -0.25) is 4.79 Å². The van der Waals surface area contributed by atoms with Gasteiger partial charge in [-0.15, -0.1) is 0 Å². The van der Waals surface area contributed by atoms with Gasteiger partial charge in [0.1, 0.15) is 17.7 Å². The van der Waals surface area contributed by atoms with Crippen molar-refractivity contribution in [2.45, 2.75) is 24.3 Å². The summed E-state index contributed by atoms with van der Waals surface area (Å²) in [5.74, 6) is -3.48. The second-order valence-electron chi connectivity index (χ2n) is 3.53. The van der Waals surface area contributed by atoms with Crippen LogP contribution in [-0.4, -0.2) is 25.5 Å². The first kappa shape index (κ1) is 14.5. The largest absolute Gasteiger partial charge is 0.480 e. The standard InChI is InChI=1S/C10H11F2NO4S/c1-2-9(10(14)15)13-18(16,17)8-4-6(11)3-7(12)5-8/h3-5,9,13H,2H2,1H3,(H,14,15). The van der Waals surface area contributed by atoms with E-state index in [2.05, 4.69) is 0 Å². The molecule has 1 aromatic rings. The highest BCUT2D eigenvalue weighted by Crippen LogP contribution is 2.14. The quantitative estimate of drug-likeness (QED) is 0.845. The maximum Gasteiger partial charge on any atom is 0.321 e. The summed E-state index contributed by atoms with van der Waals surface area (Å²) in [6, 6.07) is 0.398. The number of benzene rings is 1. The highest BCUT2D eigenvalue weighted by atomic mass is 32.2. The van der Waals surface area contributed by atoms with Gasteiger partial charge in [0.25, 0.3) is 0 Å².